The van der Waals surface area contributed by atoms with E-state index < -0.39 is 9.52 Å². The summed E-state index contributed by atoms with van der Waals surface area (Å²) in [5.74, 6) is 3.30. The Morgan fingerprint density at radius 1 is 1.17 bits per heavy atom. The van der Waals surface area contributed by atoms with Crippen molar-refractivity contribution in [2.24, 2.45) is 0 Å². The molecule has 0 rings (SSSR count). The van der Waals surface area contributed by atoms with Gasteiger partial charge in [0.2, 0.25) is 0 Å². The molecular weight excluding hydrogens is 174 g/mol. The third kappa shape index (κ3) is 221000. The number of methoxy groups -OCH3 is 1. The van der Waals surface area contributed by atoms with Crippen LogP contribution in [0.3, 0.4) is 0 Å². The second-order valence-corrected chi connectivity index (χ2v) is 6.06. The Balaban J connectivity index is -0.000000105. The van der Waals surface area contributed by atoms with Gasteiger partial charge >= 0.3 is 0 Å². The molecule has 0 aliphatic rings. The first kappa shape index (κ1) is 17.9. The molecule has 4 heteroatoms. The minimum Gasteiger partial charge on any atom is -0.388 e. The maximum absolute atomic E-state index is 10.1. The molecule has 0 spiro atoms. The molecular formula is C8H23NO2S. The molecule has 0 atom stereocenters. The van der Waals surface area contributed by atoms with Crippen molar-refractivity contribution in [3.8, 4) is 0 Å². The van der Waals surface area contributed by atoms with Gasteiger partial charge < -0.3 is 9.64 Å². The highest BCUT2D eigenvalue weighted by Gasteiger charge is 1.69. The second kappa shape index (κ2) is 10.9. The van der Waals surface area contributed by atoms with Gasteiger partial charge in [-0.15, -0.1) is 0 Å². The van der Waals surface area contributed by atoms with E-state index in [1.54, 1.807) is 26.7 Å². The minimum atomic E-state index is -1.67. The lowest BCUT2D eigenvalue weighted by Gasteiger charge is -1.90. The van der Waals surface area contributed by atoms with E-state index in [1.165, 1.54) is 0 Å². The molecule has 12 heavy (non-hydrogen) atoms. The molecule has 0 N–H and O–H groups in total. The van der Waals surface area contributed by atoms with Gasteiger partial charge in [-0.05, 0) is 36.5 Å². The molecule has 0 aliphatic carbocycles. The number of hydrogen-bond acceptors (Lipinski definition) is 3. The molecule has 0 bridgehead atoms. The third-order valence-corrected chi connectivity index (χ3v) is 0. The van der Waals surface area contributed by atoms with Crippen LogP contribution in [0.2, 0.25) is 0 Å². The van der Waals surface area contributed by atoms with Crippen molar-refractivity contribution >= 4 is 15.4 Å². The summed E-state index contributed by atoms with van der Waals surface area (Å²) in [4.78, 5) is 2.00. The third-order valence-electron chi connectivity index (χ3n) is 0. The molecule has 0 aromatic heterocycles. The van der Waals surface area contributed by atoms with Gasteiger partial charge in [-0.3, -0.25) is 4.21 Å². The maximum atomic E-state index is 10.1. The van der Waals surface area contributed by atoms with Gasteiger partial charge in [-0.25, -0.2) is 0 Å². The summed E-state index contributed by atoms with van der Waals surface area (Å²) >= 11 is 0. The smallest absolute Gasteiger partial charge is 0.0351 e. The van der Waals surface area contributed by atoms with Crippen LogP contribution >= 0.6 is 0 Å². The highest BCUT2D eigenvalue weighted by Crippen LogP contribution is 1.62. The second-order valence-electron chi connectivity index (χ2n) is 3.19. The normalized spacial score (nSPS) is 9.33. The fourth-order valence-corrected chi connectivity index (χ4v) is 0. The van der Waals surface area contributed by atoms with E-state index in [-0.39, 0.29) is 0 Å². The van der Waals surface area contributed by atoms with Gasteiger partial charge in [0.25, 0.3) is 0 Å². The van der Waals surface area contributed by atoms with E-state index in [9.17, 15) is 4.21 Å². The SMILES string of the molecule is C=S(C)(C)=O.CN(C)C.COC. The van der Waals surface area contributed by atoms with Gasteiger partial charge in [-0.1, -0.05) is 0 Å². The van der Waals surface area contributed by atoms with Crippen molar-refractivity contribution in [2.45, 2.75) is 0 Å². The number of nitrogens with zero attached hydrogens (tertiary/aromatic N) is 1. The zero-order valence-corrected chi connectivity index (χ0v) is 10.2. The molecule has 0 aromatic rings. The molecule has 78 valence electrons. The summed E-state index contributed by atoms with van der Waals surface area (Å²) in [6.45, 7) is 0. The molecule has 0 aliphatic heterocycles. The van der Waals surface area contributed by atoms with Crippen LogP contribution in [0, 0.1) is 0 Å². The summed E-state index contributed by atoms with van der Waals surface area (Å²) in [5, 5.41) is 0. The fourth-order valence-electron chi connectivity index (χ4n) is 0. The summed E-state index contributed by atoms with van der Waals surface area (Å²) in [6.07, 6.45) is 3.21. The van der Waals surface area contributed by atoms with Crippen molar-refractivity contribution in [3.63, 3.8) is 0 Å². The van der Waals surface area contributed by atoms with Gasteiger partial charge in [0.1, 0.15) is 0 Å². The summed E-state index contributed by atoms with van der Waals surface area (Å²) in [7, 11) is 7.58. The van der Waals surface area contributed by atoms with Crippen LogP contribution in [-0.2, 0) is 14.3 Å². The van der Waals surface area contributed by atoms with Gasteiger partial charge in [0, 0.05) is 26.7 Å². The highest BCUT2D eigenvalue weighted by molar-refractivity contribution is 7.98. The lowest BCUT2D eigenvalue weighted by molar-refractivity contribution is 0.277. The first-order valence-corrected chi connectivity index (χ1v) is 5.97. The molecule has 0 heterocycles. The molecule has 0 saturated heterocycles. The van der Waals surface area contributed by atoms with Crippen LogP contribution in [0.5, 0.6) is 0 Å². The van der Waals surface area contributed by atoms with E-state index >= 15 is 0 Å². The van der Waals surface area contributed by atoms with Crippen LogP contribution in [-0.4, -0.2) is 62.9 Å². The lowest BCUT2D eigenvalue weighted by atomic mass is 11.0. The van der Waals surface area contributed by atoms with E-state index in [2.05, 4.69) is 10.6 Å². The van der Waals surface area contributed by atoms with Gasteiger partial charge in [-0.2, -0.15) is 0 Å². The van der Waals surface area contributed by atoms with Crippen molar-refractivity contribution < 1.29 is 8.95 Å². The first-order chi connectivity index (χ1) is 5.15. The van der Waals surface area contributed by atoms with E-state index in [4.69, 9.17) is 0 Å². The van der Waals surface area contributed by atoms with Crippen LogP contribution < -0.4 is 0 Å². The average Bonchev–Trinajstić information content (AvgIpc) is 1.56. The fraction of sp³-hybridized carbons (Fsp3) is 0.875. The van der Waals surface area contributed by atoms with Crippen LogP contribution in [0.15, 0.2) is 0 Å². The zero-order valence-electron chi connectivity index (χ0n) is 9.38. The Hall–Kier alpha value is -0.0600. The Morgan fingerprint density at radius 2 is 1.17 bits per heavy atom. The Morgan fingerprint density at radius 3 is 1.17 bits per heavy atom. The van der Waals surface area contributed by atoms with E-state index in [0.717, 1.165) is 0 Å². The molecule has 0 unspecified atom stereocenters. The van der Waals surface area contributed by atoms with Crippen molar-refractivity contribution in [1.82, 2.24) is 4.90 Å². The van der Waals surface area contributed by atoms with Crippen molar-refractivity contribution in [2.75, 3.05) is 47.9 Å². The lowest BCUT2D eigenvalue weighted by Crippen LogP contribution is -1.99. The largest absolute Gasteiger partial charge is 0.388 e. The molecule has 0 amide bonds. The predicted octanol–water partition coefficient (Wildman–Crippen LogP) is 0.403. The van der Waals surface area contributed by atoms with Crippen LogP contribution in [0.4, 0.5) is 0 Å². The van der Waals surface area contributed by atoms with E-state index in [1.807, 2.05) is 26.0 Å². The minimum absolute atomic E-state index is 1.60. The van der Waals surface area contributed by atoms with Gasteiger partial charge in [0.05, 0.1) is 0 Å². The number of rotatable bonds is 0. The van der Waals surface area contributed by atoms with E-state index in [0.29, 0.717) is 0 Å². The average molecular weight is 197 g/mol. The summed E-state index contributed by atoms with van der Waals surface area (Å²) in [5.41, 5.74) is 0. The monoisotopic (exact) mass is 197 g/mol. The van der Waals surface area contributed by atoms with Crippen LogP contribution in [0.25, 0.3) is 0 Å². The molecule has 3 nitrogen and oxygen atoms in total. The Kier molecular flexibility index (Phi) is 16.3. The van der Waals surface area contributed by atoms with Crippen molar-refractivity contribution in [1.29, 1.82) is 0 Å². The molecule has 0 aromatic carbocycles. The summed E-state index contributed by atoms with van der Waals surface area (Å²) in [6, 6.07) is 0. The zero-order chi connectivity index (χ0) is 10.8. The Labute approximate surface area is 77.7 Å². The topological polar surface area (TPSA) is 29.5 Å². The van der Waals surface area contributed by atoms with Crippen LogP contribution in [0.1, 0.15) is 0 Å². The van der Waals surface area contributed by atoms with Gasteiger partial charge in [0.15, 0.2) is 0 Å². The number of ether oxygens (including phenoxy) is 1. The standard InChI is InChI=1S/C3H9N.C3H8OS.C2H6O/c1-4(2)3;1-5(2,3)4;1-3-2/h1-3H3;1H2,2-3H3;1-2H3. The summed E-state index contributed by atoms with van der Waals surface area (Å²) < 4.78 is 14.3. The highest BCUT2D eigenvalue weighted by atomic mass is 32.2. The predicted molar refractivity (Wildman–Crippen MR) is 59.7 cm³/mol. The Bertz CT molecular complexity index is 140. The quantitative estimate of drug-likeness (QED) is 0.527. The number of hydrogen-bond donors (Lipinski definition) is 0. The first-order valence-electron chi connectivity index (χ1n) is 3.43. The molecule has 0 fully saturated rings. The van der Waals surface area contributed by atoms with Crippen molar-refractivity contribution in [3.05, 3.63) is 0 Å². The molecule has 0 saturated carbocycles. The molecule has 0 radical (unpaired) electrons. The maximum Gasteiger partial charge on any atom is 0.0351 e.